The molecular weight excluding hydrogens is 230 g/mol. The molecule has 1 heterocycles. The van der Waals surface area contributed by atoms with Crippen LogP contribution in [0.5, 0.6) is 0 Å². The van der Waals surface area contributed by atoms with Crippen LogP contribution in [0.25, 0.3) is 6.08 Å². The molecule has 1 aromatic heterocycles. The Morgan fingerprint density at radius 1 is 1.59 bits per heavy atom. The summed E-state index contributed by atoms with van der Waals surface area (Å²) in [5, 5.41) is 8.42. The van der Waals surface area contributed by atoms with E-state index in [0.29, 0.717) is 11.4 Å². The Morgan fingerprint density at radius 3 is 2.76 bits per heavy atom. The highest BCUT2D eigenvalue weighted by atomic mass is 19.3. The van der Waals surface area contributed by atoms with Gasteiger partial charge in [0, 0.05) is 19.3 Å². The van der Waals surface area contributed by atoms with E-state index in [0.717, 1.165) is 6.08 Å². The van der Waals surface area contributed by atoms with Crippen molar-refractivity contribution in [1.82, 2.24) is 4.98 Å². The van der Waals surface area contributed by atoms with Crippen LogP contribution in [0.3, 0.4) is 0 Å². The van der Waals surface area contributed by atoms with Gasteiger partial charge in [0.25, 0.3) is 6.43 Å². The summed E-state index contributed by atoms with van der Waals surface area (Å²) in [5.41, 5.74) is 0.599. The number of pyridine rings is 1. The number of alkyl halides is 2. The number of aliphatic carboxylic acids is 1. The third-order valence-corrected chi connectivity index (χ3v) is 1.99. The number of anilines is 1. The van der Waals surface area contributed by atoms with Crippen molar-refractivity contribution in [2.24, 2.45) is 0 Å². The van der Waals surface area contributed by atoms with Crippen molar-refractivity contribution >= 4 is 17.9 Å². The van der Waals surface area contributed by atoms with Crippen LogP contribution in [0.2, 0.25) is 0 Å². The van der Waals surface area contributed by atoms with Crippen molar-refractivity contribution in [1.29, 1.82) is 0 Å². The summed E-state index contributed by atoms with van der Waals surface area (Å²) in [6.07, 6.45) is 1.37. The summed E-state index contributed by atoms with van der Waals surface area (Å²) in [4.78, 5) is 15.6. The molecule has 1 rings (SSSR count). The van der Waals surface area contributed by atoms with Gasteiger partial charge in [0.2, 0.25) is 0 Å². The van der Waals surface area contributed by atoms with E-state index in [2.05, 4.69) is 4.98 Å². The molecule has 6 heteroatoms. The lowest BCUT2D eigenvalue weighted by atomic mass is 10.2. The molecule has 17 heavy (non-hydrogen) atoms. The molecule has 0 radical (unpaired) electrons. The average Bonchev–Trinajstić information content (AvgIpc) is 2.26. The molecule has 0 fully saturated rings. The van der Waals surface area contributed by atoms with Gasteiger partial charge in [0.05, 0.1) is 6.54 Å². The van der Waals surface area contributed by atoms with E-state index >= 15 is 0 Å². The summed E-state index contributed by atoms with van der Waals surface area (Å²) in [7, 11) is 1.52. The predicted octanol–water partition coefficient (Wildman–Crippen LogP) is 1.88. The standard InChI is InChI=1S/C11H12F2N2O2/c1-15(7-9(12)13)10-4-2-8(6-14-10)3-5-11(16)17/h2-6,9H,7H2,1H3,(H,16,17)/b5-3+. The minimum absolute atomic E-state index is 0.392. The molecule has 0 bridgehead atoms. The summed E-state index contributed by atoms with van der Waals surface area (Å²) >= 11 is 0. The lowest BCUT2D eigenvalue weighted by Gasteiger charge is -2.17. The Labute approximate surface area is 97.2 Å². The van der Waals surface area contributed by atoms with E-state index in [1.54, 1.807) is 12.1 Å². The molecule has 0 atom stereocenters. The third-order valence-electron chi connectivity index (χ3n) is 1.99. The van der Waals surface area contributed by atoms with Gasteiger partial charge in [0.1, 0.15) is 5.82 Å². The first-order chi connectivity index (χ1) is 7.99. The van der Waals surface area contributed by atoms with Crippen molar-refractivity contribution in [3.05, 3.63) is 30.0 Å². The second-order valence-corrected chi connectivity index (χ2v) is 3.39. The van der Waals surface area contributed by atoms with Crippen LogP contribution in [0, 0.1) is 0 Å². The molecule has 0 aromatic carbocycles. The van der Waals surface area contributed by atoms with Gasteiger partial charge in [-0.25, -0.2) is 18.6 Å². The molecule has 0 saturated heterocycles. The predicted molar refractivity (Wildman–Crippen MR) is 60.2 cm³/mol. The first kappa shape index (κ1) is 13.1. The van der Waals surface area contributed by atoms with Crippen molar-refractivity contribution in [2.45, 2.75) is 6.43 Å². The number of halogens is 2. The van der Waals surface area contributed by atoms with E-state index in [-0.39, 0.29) is 0 Å². The summed E-state index contributed by atoms with van der Waals surface area (Å²) in [6.45, 7) is -0.392. The number of hydrogen-bond acceptors (Lipinski definition) is 3. The van der Waals surface area contributed by atoms with Crippen LogP contribution in [-0.4, -0.2) is 36.1 Å². The van der Waals surface area contributed by atoms with Crippen molar-refractivity contribution in [3.8, 4) is 0 Å². The number of nitrogens with zero attached hydrogens (tertiary/aromatic N) is 2. The minimum atomic E-state index is -2.42. The highest BCUT2D eigenvalue weighted by Gasteiger charge is 2.08. The third kappa shape index (κ3) is 4.58. The first-order valence-corrected chi connectivity index (χ1v) is 4.85. The van der Waals surface area contributed by atoms with Gasteiger partial charge in [-0.1, -0.05) is 0 Å². The zero-order valence-corrected chi connectivity index (χ0v) is 9.18. The molecule has 1 N–H and O–H groups in total. The highest BCUT2D eigenvalue weighted by Crippen LogP contribution is 2.11. The largest absolute Gasteiger partial charge is 0.478 e. The van der Waals surface area contributed by atoms with Crippen molar-refractivity contribution < 1.29 is 18.7 Å². The smallest absolute Gasteiger partial charge is 0.328 e. The maximum absolute atomic E-state index is 12.1. The highest BCUT2D eigenvalue weighted by molar-refractivity contribution is 5.85. The molecule has 0 unspecified atom stereocenters. The maximum atomic E-state index is 12.1. The molecule has 0 aliphatic heterocycles. The van der Waals surface area contributed by atoms with Gasteiger partial charge in [-0.2, -0.15) is 0 Å². The van der Waals surface area contributed by atoms with Crippen LogP contribution >= 0.6 is 0 Å². The SMILES string of the molecule is CN(CC(F)F)c1ccc(/C=C/C(=O)O)cn1. The zero-order chi connectivity index (χ0) is 12.8. The molecule has 0 amide bonds. The Hall–Kier alpha value is -1.98. The van der Waals surface area contributed by atoms with Crippen LogP contribution in [-0.2, 0) is 4.79 Å². The molecular formula is C11H12F2N2O2. The first-order valence-electron chi connectivity index (χ1n) is 4.85. The maximum Gasteiger partial charge on any atom is 0.328 e. The number of rotatable bonds is 5. The van der Waals surface area contributed by atoms with Gasteiger partial charge >= 0.3 is 5.97 Å². The van der Waals surface area contributed by atoms with E-state index in [4.69, 9.17) is 5.11 Å². The summed E-state index contributed by atoms with van der Waals surface area (Å²) in [6, 6.07) is 3.17. The van der Waals surface area contributed by atoms with E-state index in [9.17, 15) is 13.6 Å². The van der Waals surface area contributed by atoms with Gasteiger partial charge in [-0.3, -0.25) is 0 Å². The fraction of sp³-hybridized carbons (Fsp3) is 0.273. The Morgan fingerprint density at radius 2 is 2.29 bits per heavy atom. The Balaban J connectivity index is 2.70. The van der Waals surface area contributed by atoms with Crippen LogP contribution in [0.1, 0.15) is 5.56 Å². The normalized spacial score (nSPS) is 11.1. The quantitative estimate of drug-likeness (QED) is 0.801. The Kier molecular flexibility index (Phi) is 4.56. The lowest BCUT2D eigenvalue weighted by molar-refractivity contribution is -0.131. The van der Waals surface area contributed by atoms with Gasteiger partial charge in [0.15, 0.2) is 0 Å². The van der Waals surface area contributed by atoms with Crippen LogP contribution in [0.4, 0.5) is 14.6 Å². The fourth-order valence-corrected chi connectivity index (χ4v) is 1.19. The van der Waals surface area contributed by atoms with E-state index in [1.807, 2.05) is 0 Å². The van der Waals surface area contributed by atoms with Gasteiger partial charge in [-0.05, 0) is 23.8 Å². The number of carboxylic acid groups (broad SMARTS) is 1. The number of carboxylic acids is 1. The van der Waals surface area contributed by atoms with Crippen LogP contribution in [0.15, 0.2) is 24.4 Å². The number of carbonyl (C=O) groups is 1. The summed E-state index contributed by atoms with van der Waals surface area (Å²) < 4.78 is 24.2. The zero-order valence-electron chi connectivity index (χ0n) is 9.18. The summed E-state index contributed by atoms with van der Waals surface area (Å²) in [5.74, 6) is -0.637. The molecule has 0 spiro atoms. The molecule has 0 saturated carbocycles. The van der Waals surface area contributed by atoms with Crippen molar-refractivity contribution in [3.63, 3.8) is 0 Å². The molecule has 4 nitrogen and oxygen atoms in total. The number of aromatic nitrogens is 1. The fourth-order valence-electron chi connectivity index (χ4n) is 1.19. The molecule has 0 aliphatic rings. The monoisotopic (exact) mass is 242 g/mol. The van der Waals surface area contributed by atoms with Gasteiger partial charge in [-0.15, -0.1) is 0 Å². The number of hydrogen-bond donors (Lipinski definition) is 1. The average molecular weight is 242 g/mol. The lowest BCUT2D eigenvalue weighted by Crippen LogP contribution is -2.24. The van der Waals surface area contributed by atoms with E-state index in [1.165, 1.54) is 24.2 Å². The topological polar surface area (TPSA) is 53.4 Å². The molecule has 1 aromatic rings. The minimum Gasteiger partial charge on any atom is -0.478 e. The van der Waals surface area contributed by atoms with Crippen LogP contribution < -0.4 is 4.90 Å². The second-order valence-electron chi connectivity index (χ2n) is 3.39. The van der Waals surface area contributed by atoms with Gasteiger partial charge < -0.3 is 10.0 Å². The molecule has 92 valence electrons. The van der Waals surface area contributed by atoms with E-state index < -0.39 is 18.9 Å². The van der Waals surface area contributed by atoms with Crippen molar-refractivity contribution in [2.75, 3.05) is 18.5 Å². The Bertz CT molecular complexity index is 404. The second kappa shape index (κ2) is 5.93. The molecule has 0 aliphatic carbocycles.